The molecule has 0 aromatic carbocycles. The molecule has 0 spiro atoms. The molecule has 0 amide bonds. The van der Waals surface area contributed by atoms with E-state index in [1.165, 1.54) is 11.8 Å². The van der Waals surface area contributed by atoms with E-state index in [0.717, 1.165) is 0 Å². The summed E-state index contributed by atoms with van der Waals surface area (Å²) in [5.74, 6) is -0.562. The number of nitrogens with two attached hydrogens (primary N) is 5. The number of guanidine groups is 4. The number of rotatable bonds is 16. The average molecular weight is 756 g/mol. The van der Waals surface area contributed by atoms with Gasteiger partial charge in [0, 0.05) is 30.2 Å². The smallest absolute Gasteiger partial charge is 0.186 e. The first kappa shape index (κ1) is 41.8. The van der Waals surface area contributed by atoms with Gasteiger partial charge in [0.25, 0.3) is 0 Å². The second-order valence-electron chi connectivity index (χ2n) is 12.0. The maximum Gasteiger partial charge on any atom is 0.186 e. The molecule has 50 heavy (non-hydrogen) atoms. The highest BCUT2D eigenvalue weighted by atomic mass is 32.2. The van der Waals surface area contributed by atoms with Crippen LogP contribution in [-0.2, 0) is 23.7 Å². The molecular weight excluding hydrogens is 703 g/mol. The van der Waals surface area contributed by atoms with E-state index < -0.39 is 109 Å². The van der Waals surface area contributed by atoms with Gasteiger partial charge >= 0.3 is 0 Å². The molecule has 14 atom stereocenters. The van der Waals surface area contributed by atoms with E-state index in [2.05, 4.69) is 33.9 Å². The zero-order chi connectivity index (χ0) is 37.1. The number of thiol groups is 1. The van der Waals surface area contributed by atoms with Crippen LogP contribution in [-0.4, -0.2) is 167 Å². The Labute approximate surface area is 299 Å². The quantitative estimate of drug-likeness (QED) is 0.0301. The SMILES string of the molecule is N=C(N)NC1C(O)[C@@H](O[C@@H]2C(O)C(OC3O[C@H](CN)C(O)C[C@H]3NC(=N)N)[C@@H](NC(=N)N)C[C@H]2NC(=N)N)OC(CSCCOCCS)[C@H]1O. The van der Waals surface area contributed by atoms with Gasteiger partial charge in [0.15, 0.2) is 36.4 Å². The van der Waals surface area contributed by atoms with E-state index in [-0.39, 0.29) is 25.1 Å². The minimum Gasteiger partial charge on any atom is -0.390 e. The molecule has 2 saturated heterocycles. The second kappa shape index (κ2) is 19.8. The monoisotopic (exact) mass is 755 g/mol. The number of ether oxygens (including phenoxy) is 5. The summed E-state index contributed by atoms with van der Waals surface area (Å²) < 4.78 is 29.9. The summed E-state index contributed by atoms with van der Waals surface area (Å²) >= 11 is 5.51. The van der Waals surface area contributed by atoms with E-state index in [4.69, 9.17) is 74.0 Å². The van der Waals surface area contributed by atoms with Crippen LogP contribution < -0.4 is 49.9 Å². The average Bonchev–Trinajstić information content (AvgIpc) is 3.02. The van der Waals surface area contributed by atoms with Gasteiger partial charge in [-0.15, -0.1) is 0 Å². The zero-order valence-corrected chi connectivity index (χ0v) is 29.0. The van der Waals surface area contributed by atoms with Crippen molar-refractivity contribution in [3.05, 3.63) is 0 Å². The Morgan fingerprint density at radius 3 is 1.80 bits per heavy atom. The molecule has 3 rings (SSSR count). The van der Waals surface area contributed by atoms with Gasteiger partial charge in [-0.3, -0.25) is 21.6 Å². The highest BCUT2D eigenvalue weighted by Crippen LogP contribution is 2.33. The van der Waals surface area contributed by atoms with Crippen molar-refractivity contribution in [1.29, 1.82) is 21.6 Å². The van der Waals surface area contributed by atoms with Crippen molar-refractivity contribution in [2.24, 2.45) is 28.7 Å². The molecule has 0 bridgehead atoms. The maximum atomic E-state index is 11.9. The van der Waals surface area contributed by atoms with Crippen molar-refractivity contribution in [3.8, 4) is 0 Å². The van der Waals surface area contributed by atoms with Gasteiger partial charge in [0.05, 0.1) is 55.7 Å². The van der Waals surface area contributed by atoms with Crippen molar-refractivity contribution in [2.45, 2.75) is 98.4 Å². The maximum absolute atomic E-state index is 11.9. The molecule has 0 aromatic rings. The molecule has 0 aromatic heterocycles. The summed E-state index contributed by atoms with van der Waals surface area (Å²) in [5.41, 5.74) is 28.3. The number of aliphatic hydroxyl groups is 4. The van der Waals surface area contributed by atoms with Crippen LogP contribution in [0.4, 0.5) is 0 Å². The standard InChI is InChI=1S/C26H53N13O9S2/c27-7-13-12(40)6-11(38-25(32)33)21(45-13)47-19-9(36-23(28)29)5-10(37-24(30)31)20(18(19)43)48-22-17(42)15(39-26(34)35)16(41)14(46-22)8-50-4-2-44-1-3-49/h9-22,40-43,49H,1-8,27H2,(H4,28,29,36)(H4,30,31,37)(H4,32,33,38)(H4,34,35,39)/t9-,10+,11+,12?,13+,14?,15?,16+,17?,18?,19?,20-,21?,22+/m0/s1. The van der Waals surface area contributed by atoms with E-state index in [0.29, 0.717) is 24.7 Å². The van der Waals surface area contributed by atoms with Crippen LogP contribution in [0.1, 0.15) is 12.8 Å². The number of hydrogen-bond donors (Lipinski definition) is 18. The van der Waals surface area contributed by atoms with Gasteiger partial charge in [-0.25, -0.2) is 0 Å². The lowest BCUT2D eigenvalue weighted by atomic mass is 9.83. The Morgan fingerprint density at radius 1 is 0.720 bits per heavy atom. The van der Waals surface area contributed by atoms with Gasteiger partial charge < -0.3 is 94.0 Å². The van der Waals surface area contributed by atoms with Crippen LogP contribution in [0, 0.1) is 21.6 Å². The molecule has 1 aliphatic carbocycles. The first-order chi connectivity index (χ1) is 23.7. The predicted molar refractivity (Wildman–Crippen MR) is 187 cm³/mol. The second-order valence-corrected chi connectivity index (χ2v) is 13.6. The molecule has 3 fully saturated rings. The van der Waals surface area contributed by atoms with E-state index in [9.17, 15) is 20.4 Å². The van der Waals surface area contributed by atoms with Crippen LogP contribution in [0.25, 0.3) is 0 Å². The Hall–Kier alpha value is -2.62. The summed E-state index contributed by atoms with van der Waals surface area (Å²) in [7, 11) is 0. The summed E-state index contributed by atoms with van der Waals surface area (Å²) in [6.45, 7) is 0.822. The molecule has 7 unspecified atom stereocenters. The van der Waals surface area contributed by atoms with Crippen molar-refractivity contribution >= 4 is 48.2 Å². The Bertz CT molecular complexity index is 1140. The van der Waals surface area contributed by atoms with Crippen LogP contribution in [0.5, 0.6) is 0 Å². The molecule has 22 N–H and O–H groups in total. The van der Waals surface area contributed by atoms with Crippen LogP contribution in [0.15, 0.2) is 0 Å². The Morgan fingerprint density at radius 2 is 1.26 bits per heavy atom. The van der Waals surface area contributed by atoms with Crippen LogP contribution in [0.2, 0.25) is 0 Å². The summed E-state index contributed by atoms with van der Waals surface area (Å²) in [6, 6.07) is -3.98. The Balaban J connectivity index is 1.92. The molecule has 2 heterocycles. The van der Waals surface area contributed by atoms with Crippen LogP contribution >= 0.6 is 24.4 Å². The topological polar surface area (TPSA) is 401 Å². The molecule has 2 aliphatic heterocycles. The third-order valence-corrected chi connectivity index (χ3v) is 9.49. The van der Waals surface area contributed by atoms with Gasteiger partial charge in [0.1, 0.15) is 30.5 Å². The minimum atomic E-state index is -1.64. The van der Waals surface area contributed by atoms with Crippen LogP contribution in [0.3, 0.4) is 0 Å². The lowest BCUT2D eigenvalue weighted by molar-refractivity contribution is -0.312. The molecule has 22 nitrogen and oxygen atoms in total. The Kier molecular flexibility index (Phi) is 16.6. The molecular formula is C26H53N13O9S2. The number of aliphatic hydroxyl groups excluding tert-OH is 4. The minimum absolute atomic E-state index is 0.0177. The lowest BCUT2D eigenvalue weighted by Crippen LogP contribution is -2.71. The number of hydrogen-bond acceptors (Lipinski definition) is 16. The lowest BCUT2D eigenvalue weighted by Gasteiger charge is -2.50. The van der Waals surface area contributed by atoms with Gasteiger partial charge in [-0.1, -0.05) is 0 Å². The van der Waals surface area contributed by atoms with Crippen molar-refractivity contribution in [1.82, 2.24) is 21.3 Å². The number of thioether (sulfide) groups is 1. The molecule has 1 saturated carbocycles. The fraction of sp³-hybridized carbons (Fsp3) is 0.846. The molecule has 0 radical (unpaired) electrons. The van der Waals surface area contributed by atoms with Crippen molar-refractivity contribution in [3.63, 3.8) is 0 Å². The third kappa shape index (κ3) is 11.7. The first-order valence-corrected chi connectivity index (χ1v) is 17.7. The van der Waals surface area contributed by atoms with Gasteiger partial charge in [-0.05, 0) is 6.42 Å². The third-order valence-electron chi connectivity index (χ3n) is 8.29. The fourth-order valence-electron chi connectivity index (χ4n) is 6.11. The van der Waals surface area contributed by atoms with Crippen molar-refractivity contribution < 1.29 is 44.1 Å². The normalized spacial score (nSPS) is 37.3. The fourth-order valence-corrected chi connectivity index (χ4v) is 7.15. The summed E-state index contributed by atoms with van der Waals surface area (Å²) in [4.78, 5) is 0. The van der Waals surface area contributed by atoms with E-state index >= 15 is 0 Å². The molecule has 288 valence electrons. The highest BCUT2D eigenvalue weighted by molar-refractivity contribution is 7.99. The molecule has 24 heteroatoms. The largest absolute Gasteiger partial charge is 0.390 e. The molecule has 3 aliphatic rings. The zero-order valence-electron chi connectivity index (χ0n) is 27.3. The van der Waals surface area contributed by atoms with E-state index in [1.54, 1.807) is 0 Å². The highest BCUT2D eigenvalue weighted by Gasteiger charge is 2.53. The number of nitrogens with one attached hydrogen (secondary N) is 8. The van der Waals surface area contributed by atoms with Gasteiger partial charge in [-0.2, -0.15) is 24.4 Å². The van der Waals surface area contributed by atoms with Crippen molar-refractivity contribution in [2.75, 3.05) is 37.0 Å². The van der Waals surface area contributed by atoms with Gasteiger partial charge in [0.2, 0.25) is 0 Å². The van der Waals surface area contributed by atoms with E-state index in [1.807, 2.05) is 0 Å². The summed E-state index contributed by atoms with van der Waals surface area (Å²) in [5, 5.41) is 86.7. The first-order valence-electron chi connectivity index (χ1n) is 15.9. The predicted octanol–water partition coefficient (Wildman–Crippen LogP) is -6.51. The summed E-state index contributed by atoms with van der Waals surface area (Å²) in [6.07, 6.45) is -12.8.